The van der Waals surface area contributed by atoms with Crippen molar-refractivity contribution in [2.24, 2.45) is 5.92 Å². The summed E-state index contributed by atoms with van der Waals surface area (Å²) >= 11 is 3.56. The van der Waals surface area contributed by atoms with Gasteiger partial charge in [0.25, 0.3) is 0 Å². The molecule has 0 radical (unpaired) electrons. The molecule has 0 amide bonds. The van der Waals surface area contributed by atoms with Crippen molar-refractivity contribution in [3.8, 4) is 11.5 Å². The largest absolute Gasteiger partial charge is 0.457 e. The lowest BCUT2D eigenvalue weighted by molar-refractivity contribution is 0.479. The minimum atomic E-state index is -0.268. The van der Waals surface area contributed by atoms with E-state index in [1.54, 1.807) is 12.1 Å². The Morgan fingerprint density at radius 1 is 1.10 bits per heavy atom. The molecule has 0 saturated carbocycles. The van der Waals surface area contributed by atoms with E-state index < -0.39 is 0 Å². The van der Waals surface area contributed by atoms with Gasteiger partial charge in [0.15, 0.2) is 0 Å². The topological polar surface area (TPSA) is 21.3 Å². The van der Waals surface area contributed by atoms with Crippen LogP contribution in [0.25, 0.3) is 0 Å². The van der Waals surface area contributed by atoms with Crippen molar-refractivity contribution >= 4 is 15.9 Å². The summed E-state index contributed by atoms with van der Waals surface area (Å²) in [5, 5.41) is 3.40. The molecule has 0 saturated heterocycles. The molecule has 2 aromatic rings. The van der Waals surface area contributed by atoms with Crippen LogP contribution in [0.2, 0.25) is 0 Å². The van der Waals surface area contributed by atoms with Crippen LogP contribution >= 0.6 is 15.9 Å². The van der Waals surface area contributed by atoms with E-state index in [1.165, 1.54) is 17.7 Å². The van der Waals surface area contributed by atoms with Crippen molar-refractivity contribution in [1.82, 2.24) is 5.32 Å². The van der Waals surface area contributed by atoms with Gasteiger partial charge >= 0.3 is 0 Å². The highest BCUT2D eigenvalue weighted by molar-refractivity contribution is 9.10. The fourth-order valence-electron chi connectivity index (χ4n) is 1.87. The molecule has 0 aromatic heterocycles. The van der Waals surface area contributed by atoms with E-state index in [1.807, 2.05) is 18.2 Å². The van der Waals surface area contributed by atoms with Crippen molar-refractivity contribution < 1.29 is 9.13 Å². The average Bonchev–Trinajstić information content (AvgIpc) is 2.43. The number of nitrogens with one attached hydrogen (secondary N) is 1. The number of benzene rings is 2. The Hall–Kier alpha value is -1.39. The summed E-state index contributed by atoms with van der Waals surface area (Å²) in [6, 6.07) is 11.9. The highest BCUT2D eigenvalue weighted by Crippen LogP contribution is 2.27. The van der Waals surface area contributed by atoms with Gasteiger partial charge in [-0.1, -0.05) is 35.8 Å². The lowest BCUT2D eigenvalue weighted by Gasteiger charge is -2.11. The van der Waals surface area contributed by atoms with Gasteiger partial charge in [-0.25, -0.2) is 4.39 Å². The summed E-state index contributed by atoms with van der Waals surface area (Å²) in [5.74, 6) is 1.70. The highest BCUT2D eigenvalue weighted by atomic mass is 79.9. The van der Waals surface area contributed by atoms with Gasteiger partial charge in [-0.15, -0.1) is 0 Å². The molecule has 112 valence electrons. The molecule has 21 heavy (non-hydrogen) atoms. The van der Waals surface area contributed by atoms with E-state index in [0.29, 0.717) is 11.7 Å². The molecule has 1 N–H and O–H groups in total. The molecule has 0 heterocycles. The SMILES string of the molecule is CC(C)CNCc1ccc(Oc2ccc(F)cc2)cc1Br. The molecular formula is C17H19BrFNO. The number of halogens is 2. The Labute approximate surface area is 133 Å². The monoisotopic (exact) mass is 351 g/mol. The quantitative estimate of drug-likeness (QED) is 0.779. The van der Waals surface area contributed by atoms with Gasteiger partial charge < -0.3 is 10.1 Å². The number of rotatable bonds is 6. The van der Waals surface area contributed by atoms with Crippen LogP contribution in [0, 0.1) is 11.7 Å². The van der Waals surface area contributed by atoms with Gasteiger partial charge in [-0.2, -0.15) is 0 Å². The van der Waals surface area contributed by atoms with Crippen molar-refractivity contribution in [3.63, 3.8) is 0 Å². The van der Waals surface area contributed by atoms with Gasteiger partial charge in [0.1, 0.15) is 17.3 Å². The molecule has 0 spiro atoms. The molecule has 0 aliphatic heterocycles. The van der Waals surface area contributed by atoms with Crippen LogP contribution in [0.1, 0.15) is 19.4 Å². The summed E-state index contributed by atoms with van der Waals surface area (Å²) in [6.45, 7) is 6.17. The highest BCUT2D eigenvalue weighted by Gasteiger charge is 2.04. The van der Waals surface area contributed by atoms with E-state index in [2.05, 4.69) is 35.1 Å². The van der Waals surface area contributed by atoms with E-state index in [4.69, 9.17) is 4.74 Å². The summed E-state index contributed by atoms with van der Waals surface area (Å²) < 4.78 is 19.5. The van der Waals surface area contributed by atoms with E-state index in [-0.39, 0.29) is 5.82 Å². The van der Waals surface area contributed by atoms with Crippen LogP contribution in [0.3, 0.4) is 0 Å². The molecule has 2 nitrogen and oxygen atoms in total. The van der Waals surface area contributed by atoms with Gasteiger partial charge in [0, 0.05) is 11.0 Å². The van der Waals surface area contributed by atoms with Crippen LogP contribution in [-0.4, -0.2) is 6.54 Å². The Balaban J connectivity index is 1.99. The first-order chi connectivity index (χ1) is 10.0. The van der Waals surface area contributed by atoms with Gasteiger partial charge in [0.05, 0.1) is 0 Å². The van der Waals surface area contributed by atoms with Crippen LogP contribution in [0.15, 0.2) is 46.9 Å². The first kappa shape index (κ1) is 16.0. The molecule has 0 aliphatic carbocycles. The molecule has 0 aliphatic rings. The summed E-state index contributed by atoms with van der Waals surface area (Å²) in [5.41, 5.74) is 1.18. The van der Waals surface area contributed by atoms with Gasteiger partial charge in [-0.3, -0.25) is 0 Å². The maximum atomic E-state index is 12.8. The van der Waals surface area contributed by atoms with Crippen molar-refractivity contribution in [2.75, 3.05) is 6.54 Å². The van der Waals surface area contributed by atoms with Crippen LogP contribution in [0.4, 0.5) is 4.39 Å². The maximum absolute atomic E-state index is 12.8. The molecule has 0 fully saturated rings. The van der Waals surface area contributed by atoms with Crippen LogP contribution in [-0.2, 0) is 6.54 Å². The van der Waals surface area contributed by atoms with Crippen molar-refractivity contribution in [2.45, 2.75) is 20.4 Å². The molecule has 0 bridgehead atoms. The fourth-order valence-corrected chi connectivity index (χ4v) is 2.37. The Bertz CT molecular complexity index is 584. The van der Waals surface area contributed by atoms with Crippen molar-refractivity contribution in [3.05, 3.63) is 58.3 Å². The van der Waals surface area contributed by atoms with E-state index in [9.17, 15) is 4.39 Å². The zero-order valence-corrected chi connectivity index (χ0v) is 13.8. The Kier molecular flexibility index (Phi) is 5.76. The lowest BCUT2D eigenvalue weighted by atomic mass is 10.2. The normalized spacial score (nSPS) is 10.9. The third-order valence-electron chi connectivity index (χ3n) is 2.94. The van der Waals surface area contributed by atoms with Gasteiger partial charge in [0.2, 0.25) is 0 Å². The standard InChI is InChI=1S/C17H19BrFNO/c1-12(2)10-20-11-13-3-6-16(9-17(13)18)21-15-7-4-14(19)5-8-15/h3-9,12,20H,10-11H2,1-2H3. The third-order valence-corrected chi connectivity index (χ3v) is 3.68. The molecule has 0 atom stereocenters. The minimum absolute atomic E-state index is 0.268. The summed E-state index contributed by atoms with van der Waals surface area (Å²) in [6.07, 6.45) is 0. The minimum Gasteiger partial charge on any atom is -0.457 e. The first-order valence-corrected chi connectivity index (χ1v) is 7.76. The van der Waals surface area contributed by atoms with Crippen LogP contribution < -0.4 is 10.1 Å². The predicted octanol–water partition coefficient (Wildman–Crippen LogP) is 5.13. The maximum Gasteiger partial charge on any atom is 0.128 e. The Morgan fingerprint density at radius 3 is 2.38 bits per heavy atom. The predicted molar refractivity (Wildman–Crippen MR) is 87.2 cm³/mol. The Morgan fingerprint density at radius 2 is 1.76 bits per heavy atom. The average molecular weight is 352 g/mol. The van der Waals surface area contributed by atoms with Gasteiger partial charge in [-0.05, 0) is 54.4 Å². The van der Waals surface area contributed by atoms with Crippen molar-refractivity contribution in [1.29, 1.82) is 0 Å². The molecule has 0 unspecified atom stereocenters. The first-order valence-electron chi connectivity index (χ1n) is 6.97. The second-order valence-electron chi connectivity index (χ2n) is 5.33. The zero-order valence-electron chi connectivity index (χ0n) is 12.2. The number of hydrogen-bond acceptors (Lipinski definition) is 2. The lowest BCUT2D eigenvalue weighted by Crippen LogP contribution is -2.19. The summed E-state index contributed by atoms with van der Waals surface area (Å²) in [7, 11) is 0. The number of hydrogen-bond donors (Lipinski definition) is 1. The second-order valence-corrected chi connectivity index (χ2v) is 6.19. The second kappa shape index (κ2) is 7.57. The third kappa shape index (κ3) is 5.14. The molecule has 2 aromatic carbocycles. The van der Waals surface area contributed by atoms with E-state index in [0.717, 1.165) is 23.3 Å². The fraction of sp³-hybridized carbons (Fsp3) is 0.294. The zero-order chi connectivity index (χ0) is 15.2. The van der Waals surface area contributed by atoms with E-state index >= 15 is 0 Å². The summed E-state index contributed by atoms with van der Waals surface area (Å²) in [4.78, 5) is 0. The molecule has 4 heteroatoms. The number of ether oxygens (including phenoxy) is 1. The molecular weight excluding hydrogens is 333 g/mol. The smallest absolute Gasteiger partial charge is 0.128 e. The van der Waals surface area contributed by atoms with Crippen LogP contribution in [0.5, 0.6) is 11.5 Å². The molecule has 2 rings (SSSR count).